The van der Waals surface area contributed by atoms with Gasteiger partial charge in [-0.1, -0.05) is 24.3 Å². The van der Waals surface area contributed by atoms with Crippen LogP contribution in [0.15, 0.2) is 54.7 Å². The predicted molar refractivity (Wildman–Crippen MR) is 80.7 cm³/mol. The van der Waals surface area contributed by atoms with E-state index in [9.17, 15) is 9.90 Å². The molecule has 4 heteroatoms. The Hall–Kier alpha value is -2.88. The first-order chi connectivity index (χ1) is 10.2. The molecular formula is C17H13NO3. The van der Waals surface area contributed by atoms with Gasteiger partial charge in [0, 0.05) is 11.8 Å². The first kappa shape index (κ1) is 13.1. The van der Waals surface area contributed by atoms with Crippen molar-refractivity contribution in [2.45, 2.75) is 0 Å². The fraction of sp³-hybridized carbons (Fsp3) is 0.0588. The van der Waals surface area contributed by atoms with Crippen LogP contribution in [-0.2, 0) is 0 Å². The van der Waals surface area contributed by atoms with Crippen LogP contribution in [0.5, 0.6) is 5.75 Å². The highest BCUT2D eigenvalue weighted by atomic mass is 16.5. The predicted octanol–water partition coefficient (Wildman–Crippen LogP) is 3.61. The summed E-state index contributed by atoms with van der Waals surface area (Å²) in [4.78, 5) is 15.2. The molecule has 2 aromatic carbocycles. The van der Waals surface area contributed by atoms with Crippen molar-refractivity contribution in [3.05, 3.63) is 60.4 Å². The summed E-state index contributed by atoms with van der Waals surface area (Å²) in [6.07, 6.45) is 1.48. The van der Waals surface area contributed by atoms with Gasteiger partial charge in [-0.3, -0.25) is 0 Å². The number of benzene rings is 2. The third kappa shape index (κ3) is 2.43. The Morgan fingerprint density at radius 2 is 1.86 bits per heavy atom. The molecule has 0 saturated carbocycles. The van der Waals surface area contributed by atoms with E-state index in [0.29, 0.717) is 5.56 Å². The summed E-state index contributed by atoms with van der Waals surface area (Å²) >= 11 is 0. The zero-order valence-corrected chi connectivity index (χ0v) is 11.4. The summed E-state index contributed by atoms with van der Waals surface area (Å²) in [6, 6.07) is 15.1. The Labute approximate surface area is 121 Å². The van der Waals surface area contributed by atoms with Gasteiger partial charge in [0.1, 0.15) is 5.75 Å². The van der Waals surface area contributed by atoms with E-state index in [2.05, 4.69) is 4.98 Å². The summed E-state index contributed by atoms with van der Waals surface area (Å²) in [7, 11) is 1.63. The number of carboxylic acids is 1. The average molecular weight is 279 g/mol. The van der Waals surface area contributed by atoms with Gasteiger partial charge in [-0.25, -0.2) is 9.78 Å². The maximum Gasteiger partial charge on any atom is 0.355 e. The number of rotatable bonds is 3. The lowest BCUT2D eigenvalue weighted by atomic mass is 10.00. The highest BCUT2D eigenvalue weighted by Gasteiger charge is 2.12. The SMILES string of the molecule is COc1ccc2cc(-c3cccnc3C(=O)O)ccc2c1. The van der Waals surface area contributed by atoms with Crippen molar-refractivity contribution in [1.29, 1.82) is 0 Å². The second-order valence-corrected chi connectivity index (χ2v) is 4.63. The van der Waals surface area contributed by atoms with E-state index in [0.717, 1.165) is 22.1 Å². The molecule has 1 aromatic heterocycles. The Morgan fingerprint density at radius 1 is 1.10 bits per heavy atom. The molecule has 3 aromatic rings. The quantitative estimate of drug-likeness (QED) is 0.795. The van der Waals surface area contributed by atoms with Crippen molar-refractivity contribution in [2.24, 2.45) is 0 Å². The minimum atomic E-state index is -1.03. The number of pyridine rings is 1. The average Bonchev–Trinajstić information content (AvgIpc) is 2.53. The smallest absolute Gasteiger partial charge is 0.355 e. The van der Waals surface area contributed by atoms with Gasteiger partial charge in [0.25, 0.3) is 0 Å². The number of hydrogen-bond acceptors (Lipinski definition) is 3. The summed E-state index contributed by atoms with van der Waals surface area (Å²) in [5.41, 5.74) is 1.51. The van der Waals surface area contributed by atoms with Gasteiger partial charge in [-0.05, 0) is 40.6 Å². The first-order valence-electron chi connectivity index (χ1n) is 6.45. The molecule has 3 rings (SSSR count). The Balaban J connectivity index is 2.16. The lowest BCUT2D eigenvalue weighted by Gasteiger charge is -2.08. The molecule has 0 spiro atoms. The fourth-order valence-corrected chi connectivity index (χ4v) is 2.33. The van der Waals surface area contributed by atoms with Gasteiger partial charge in [-0.15, -0.1) is 0 Å². The van der Waals surface area contributed by atoms with Gasteiger partial charge in [0.2, 0.25) is 0 Å². The van der Waals surface area contributed by atoms with E-state index < -0.39 is 5.97 Å². The van der Waals surface area contributed by atoms with Crippen LogP contribution in [0.2, 0.25) is 0 Å². The molecule has 4 nitrogen and oxygen atoms in total. The molecule has 0 saturated heterocycles. The number of methoxy groups -OCH3 is 1. The van der Waals surface area contributed by atoms with Crippen LogP contribution in [-0.4, -0.2) is 23.2 Å². The summed E-state index contributed by atoms with van der Waals surface area (Å²) in [5, 5.41) is 11.3. The standard InChI is InChI=1S/C17H13NO3/c1-21-14-7-6-11-9-13(5-4-12(11)10-14)15-3-2-8-18-16(15)17(19)20/h2-10H,1H3,(H,19,20). The number of carbonyl (C=O) groups is 1. The van der Waals surface area contributed by atoms with E-state index in [-0.39, 0.29) is 5.69 Å². The van der Waals surface area contributed by atoms with Crippen molar-refractivity contribution in [3.63, 3.8) is 0 Å². The van der Waals surface area contributed by atoms with E-state index in [1.165, 1.54) is 6.20 Å². The molecule has 21 heavy (non-hydrogen) atoms. The van der Waals surface area contributed by atoms with Crippen LogP contribution in [0.4, 0.5) is 0 Å². The Kier molecular flexibility index (Phi) is 3.28. The van der Waals surface area contributed by atoms with Crippen molar-refractivity contribution in [3.8, 4) is 16.9 Å². The van der Waals surface area contributed by atoms with Crippen LogP contribution in [0.3, 0.4) is 0 Å². The Bertz CT molecular complexity index is 827. The Morgan fingerprint density at radius 3 is 2.62 bits per heavy atom. The zero-order valence-electron chi connectivity index (χ0n) is 11.4. The monoisotopic (exact) mass is 279 g/mol. The highest BCUT2D eigenvalue weighted by molar-refractivity contribution is 5.96. The number of ether oxygens (including phenoxy) is 1. The van der Waals surface area contributed by atoms with Crippen molar-refractivity contribution in [1.82, 2.24) is 4.98 Å². The van der Waals surface area contributed by atoms with Gasteiger partial charge in [-0.2, -0.15) is 0 Å². The number of hydrogen-bond donors (Lipinski definition) is 1. The number of fused-ring (bicyclic) bond motifs is 1. The molecule has 0 amide bonds. The maximum absolute atomic E-state index is 11.3. The van der Waals surface area contributed by atoms with Crippen LogP contribution in [0, 0.1) is 0 Å². The summed E-state index contributed by atoms with van der Waals surface area (Å²) < 4.78 is 5.20. The topological polar surface area (TPSA) is 59.4 Å². The molecule has 104 valence electrons. The van der Waals surface area contributed by atoms with Crippen molar-refractivity contribution < 1.29 is 14.6 Å². The molecular weight excluding hydrogens is 266 g/mol. The molecule has 1 heterocycles. The minimum absolute atomic E-state index is 0.0605. The van der Waals surface area contributed by atoms with Gasteiger partial charge in [0.05, 0.1) is 7.11 Å². The van der Waals surface area contributed by atoms with Gasteiger partial charge in [0.15, 0.2) is 5.69 Å². The molecule has 1 N–H and O–H groups in total. The first-order valence-corrected chi connectivity index (χ1v) is 6.45. The van der Waals surface area contributed by atoms with Gasteiger partial charge < -0.3 is 9.84 Å². The third-order valence-electron chi connectivity index (χ3n) is 3.37. The second-order valence-electron chi connectivity index (χ2n) is 4.63. The van der Waals surface area contributed by atoms with E-state index >= 15 is 0 Å². The molecule has 0 atom stereocenters. The molecule has 0 aliphatic heterocycles. The van der Waals surface area contributed by atoms with Gasteiger partial charge >= 0.3 is 5.97 Å². The van der Waals surface area contributed by atoms with Crippen LogP contribution in [0.25, 0.3) is 21.9 Å². The highest BCUT2D eigenvalue weighted by Crippen LogP contribution is 2.28. The second kappa shape index (κ2) is 5.25. The lowest BCUT2D eigenvalue weighted by Crippen LogP contribution is -2.02. The largest absolute Gasteiger partial charge is 0.497 e. The van der Waals surface area contributed by atoms with Crippen LogP contribution >= 0.6 is 0 Å². The number of nitrogens with zero attached hydrogens (tertiary/aromatic N) is 1. The molecule has 0 radical (unpaired) electrons. The van der Waals surface area contributed by atoms with Crippen molar-refractivity contribution in [2.75, 3.05) is 7.11 Å². The normalized spacial score (nSPS) is 10.5. The third-order valence-corrected chi connectivity index (χ3v) is 3.37. The molecule has 0 bridgehead atoms. The number of carboxylic acid groups (broad SMARTS) is 1. The maximum atomic E-state index is 11.3. The summed E-state index contributed by atoms with van der Waals surface area (Å²) in [5.74, 6) is -0.233. The van der Waals surface area contributed by atoms with Crippen LogP contribution in [0.1, 0.15) is 10.5 Å². The van der Waals surface area contributed by atoms with Crippen molar-refractivity contribution >= 4 is 16.7 Å². The molecule has 0 fully saturated rings. The summed E-state index contributed by atoms with van der Waals surface area (Å²) in [6.45, 7) is 0. The minimum Gasteiger partial charge on any atom is -0.497 e. The molecule has 0 aliphatic rings. The molecule has 0 aliphatic carbocycles. The molecule has 0 unspecified atom stereocenters. The van der Waals surface area contributed by atoms with E-state index in [1.807, 2.05) is 36.4 Å². The van der Waals surface area contributed by atoms with E-state index in [1.54, 1.807) is 19.2 Å². The fourth-order valence-electron chi connectivity index (χ4n) is 2.33. The van der Waals surface area contributed by atoms with Crippen LogP contribution < -0.4 is 4.74 Å². The zero-order chi connectivity index (χ0) is 14.8. The van der Waals surface area contributed by atoms with E-state index in [4.69, 9.17) is 4.74 Å². The number of aromatic carboxylic acids is 1. The lowest BCUT2D eigenvalue weighted by molar-refractivity contribution is 0.0691. The number of aromatic nitrogens is 1.